The number of nitrogens with one attached hydrogen (secondary N) is 1. The van der Waals surface area contributed by atoms with Crippen LogP contribution in [0.25, 0.3) is 0 Å². The van der Waals surface area contributed by atoms with E-state index in [-0.39, 0.29) is 5.82 Å². The van der Waals surface area contributed by atoms with E-state index in [1.54, 1.807) is 38.1 Å². The van der Waals surface area contributed by atoms with E-state index < -0.39 is 28.0 Å². The molecule has 5 nitrogen and oxygen atoms in total. The van der Waals surface area contributed by atoms with Crippen molar-refractivity contribution in [1.29, 1.82) is 0 Å². The molecule has 27 heavy (non-hydrogen) atoms. The van der Waals surface area contributed by atoms with Gasteiger partial charge in [-0.1, -0.05) is 29.8 Å². The molecule has 8 heteroatoms. The van der Waals surface area contributed by atoms with Crippen molar-refractivity contribution < 1.29 is 17.6 Å². The maximum atomic E-state index is 13.1. The van der Waals surface area contributed by atoms with E-state index in [4.69, 9.17) is 11.6 Å². The van der Waals surface area contributed by atoms with Crippen molar-refractivity contribution in [1.82, 2.24) is 5.32 Å². The predicted octanol–water partition coefficient (Wildman–Crippen LogP) is 3.82. The van der Waals surface area contributed by atoms with E-state index in [2.05, 4.69) is 5.32 Å². The first-order valence-corrected chi connectivity index (χ1v) is 10.5. The van der Waals surface area contributed by atoms with Crippen molar-refractivity contribution in [2.24, 2.45) is 0 Å². The van der Waals surface area contributed by atoms with Crippen LogP contribution in [0, 0.1) is 12.7 Å². The van der Waals surface area contributed by atoms with Crippen molar-refractivity contribution in [2.45, 2.75) is 32.9 Å². The summed E-state index contributed by atoms with van der Waals surface area (Å²) in [7, 11) is -3.73. The standard InChI is InChI=1S/C19H22ClFN2O3S/c1-12-5-10-17(11-18(12)20)23(27(4,25)26)14(3)19(24)22-13(2)15-6-8-16(21)9-7-15/h5-11,13-14H,1-4H3,(H,22,24)/t13-,14+/m0/s1. The predicted molar refractivity (Wildman–Crippen MR) is 106 cm³/mol. The first-order valence-electron chi connectivity index (χ1n) is 8.32. The molecule has 0 aliphatic heterocycles. The maximum Gasteiger partial charge on any atom is 0.244 e. The molecule has 0 aromatic heterocycles. The number of amides is 1. The summed E-state index contributed by atoms with van der Waals surface area (Å²) in [6.07, 6.45) is 1.04. The fraction of sp³-hybridized carbons (Fsp3) is 0.316. The average Bonchev–Trinajstić information content (AvgIpc) is 2.57. The van der Waals surface area contributed by atoms with Crippen molar-refractivity contribution in [3.05, 3.63) is 64.4 Å². The molecular formula is C19H22ClFN2O3S. The van der Waals surface area contributed by atoms with Gasteiger partial charge in [0.05, 0.1) is 18.0 Å². The fourth-order valence-electron chi connectivity index (χ4n) is 2.70. The van der Waals surface area contributed by atoms with E-state index in [1.165, 1.54) is 25.1 Å². The molecule has 0 spiro atoms. The molecule has 0 fully saturated rings. The second kappa shape index (κ2) is 8.27. The number of hydrogen-bond donors (Lipinski definition) is 1. The Labute approximate surface area is 164 Å². The molecule has 1 amide bonds. The molecule has 0 radical (unpaired) electrons. The molecule has 0 bridgehead atoms. The first kappa shape index (κ1) is 21.2. The smallest absolute Gasteiger partial charge is 0.244 e. The van der Waals surface area contributed by atoms with Crippen molar-refractivity contribution in [3.8, 4) is 0 Å². The molecule has 0 saturated heterocycles. The van der Waals surface area contributed by atoms with Gasteiger partial charge in [0.25, 0.3) is 0 Å². The highest BCUT2D eigenvalue weighted by molar-refractivity contribution is 7.92. The zero-order valence-corrected chi connectivity index (χ0v) is 17.1. The molecular weight excluding hydrogens is 391 g/mol. The van der Waals surface area contributed by atoms with Crippen molar-refractivity contribution in [2.75, 3.05) is 10.6 Å². The van der Waals surface area contributed by atoms with Crippen LogP contribution in [0.2, 0.25) is 5.02 Å². The van der Waals surface area contributed by atoms with Crippen LogP contribution in [0.1, 0.15) is 31.0 Å². The number of aryl methyl sites for hydroxylation is 1. The Morgan fingerprint density at radius 2 is 1.74 bits per heavy atom. The third-order valence-corrected chi connectivity index (χ3v) is 5.88. The number of halogens is 2. The third kappa shape index (κ3) is 5.20. The van der Waals surface area contributed by atoms with Gasteiger partial charge in [0.1, 0.15) is 11.9 Å². The van der Waals surface area contributed by atoms with Crippen LogP contribution >= 0.6 is 11.6 Å². The summed E-state index contributed by atoms with van der Waals surface area (Å²) in [6.45, 7) is 5.05. The normalized spacial score (nSPS) is 13.7. The molecule has 0 aliphatic carbocycles. The molecule has 2 atom stereocenters. The lowest BCUT2D eigenvalue weighted by atomic mass is 10.1. The molecule has 0 unspecified atom stereocenters. The minimum Gasteiger partial charge on any atom is -0.348 e. The summed E-state index contributed by atoms with van der Waals surface area (Å²) >= 11 is 6.12. The molecule has 0 aliphatic rings. The van der Waals surface area contributed by atoms with Crippen LogP contribution in [0.3, 0.4) is 0 Å². The van der Waals surface area contributed by atoms with Gasteiger partial charge in [-0.05, 0) is 56.2 Å². The number of carbonyl (C=O) groups excluding carboxylic acids is 1. The molecule has 146 valence electrons. The maximum absolute atomic E-state index is 13.1. The number of hydrogen-bond acceptors (Lipinski definition) is 3. The lowest BCUT2D eigenvalue weighted by Gasteiger charge is -2.29. The van der Waals surface area contributed by atoms with Gasteiger partial charge in [-0.3, -0.25) is 9.10 Å². The Kier molecular flexibility index (Phi) is 6.49. The Morgan fingerprint density at radius 1 is 1.15 bits per heavy atom. The van der Waals surface area contributed by atoms with Gasteiger partial charge >= 0.3 is 0 Å². The van der Waals surface area contributed by atoms with Crippen LogP contribution in [0.15, 0.2) is 42.5 Å². The molecule has 2 aromatic rings. The first-order chi connectivity index (χ1) is 12.5. The fourth-order valence-corrected chi connectivity index (χ4v) is 4.04. The Balaban J connectivity index is 2.26. The monoisotopic (exact) mass is 412 g/mol. The Bertz CT molecular complexity index is 932. The zero-order valence-electron chi connectivity index (χ0n) is 15.5. The van der Waals surface area contributed by atoms with Crippen LogP contribution in [0.5, 0.6) is 0 Å². The second-order valence-electron chi connectivity index (χ2n) is 6.45. The van der Waals surface area contributed by atoms with Gasteiger partial charge in [-0.15, -0.1) is 0 Å². The topological polar surface area (TPSA) is 66.5 Å². The molecule has 0 heterocycles. The summed E-state index contributed by atoms with van der Waals surface area (Å²) in [6, 6.07) is 9.15. The van der Waals surface area contributed by atoms with E-state index in [0.29, 0.717) is 16.3 Å². The largest absolute Gasteiger partial charge is 0.348 e. The number of benzene rings is 2. The van der Waals surface area contributed by atoms with Crippen molar-refractivity contribution in [3.63, 3.8) is 0 Å². The van der Waals surface area contributed by atoms with E-state index in [9.17, 15) is 17.6 Å². The van der Waals surface area contributed by atoms with Gasteiger partial charge in [-0.2, -0.15) is 0 Å². The second-order valence-corrected chi connectivity index (χ2v) is 8.72. The highest BCUT2D eigenvalue weighted by atomic mass is 35.5. The summed E-state index contributed by atoms with van der Waals surface area (Å²) in [5, 5.41) is 3.17. The van der Waals surface area contributed by atoms with Gasteiger partial charge in [0.2, 0.25) is 15.9 Å². The summed E-state index contributed by atoms with van der Waals surface area (Å²) in [4.78, 5) is 12.7. The van der Waals surface area contributed by atoms with Gasteiger partial charge in [0.15, 0.2) is 0 Å². The van der Waals surface area contributed by atoms with Gasteiger partial charge in [0, 0.05) is 5.02 Å². The molecule has 2 aromatic carbocycles. The lowest BCUT2D eigenvalue weighted by molar-refractivity contribution is -0.122. The Hall–Kier alpha value is -2.12. The number of carbonyl (C=O) groups is 1. The number of anilines is 1. The van der Waals surface area contributed by atoms with Gasteiger partial charge in [-0.25, -0.2) is 12.8 Å². The summed E-state index contributed by atoms with van der Waals surface area (Å²) in [5.74, 6) is -0.848. The minimum absolute atomic E-state index is 0.310. The van der Waals surface area contributed by atoms with E-state index >= 15 is 0 Å². The summed E-state index contributed by atoms with van der Waals surface area (Å²) < 4.78 is 38.7. The van der Waals surface area contributed by atoms with E-state index in [0.717, 1.165) is 16.1 Å². The zero-order chi connectivity index (χ0) is 20.4. The Morgan fingerprint density at radius 3 is 2.26 bits per heavy atom. The average molecular weight is 413 g/mol. The van der Waals surface area contributed by atoms with Crippen LogP contribution in [-0.4, -0.2) is 26.6 Å². The molecule has 0 saturated carbocycles. The SMILES string of the molecule is Cc1ccc(N([C@H](C)C(=O)N[C@@H](C)c2ccc(F)cc2)S(C)(=O)=O)cc1Cl. The number of nitrogens with zero attached hydrogens (tertiary/aromatic N) is 1. The minimum atomic E-state index is -3.73. The third-order valence-electron chi connectivity index (χ3n) is 4.23. The van der Waals surface area contributed by atoms with Gasteiger partial charge < -0.3 is 5.32 Å². The molecule has 2 rings (SSSR count). The highest BCUT2D eigenvalue weighted by Crippen LogP contribution is 2.27. The van der Waals surface area contributed by atoms with Crippen LogP contribution in [-0.2, 0) is 14.8 Å². The lowest BCUT2D eigenvalue weighted by Crippen LogP contribution is -2.48. The number of sulfonamides is 1. The quantitative estimate of drug-likeness (QED) is 0.784. The van der Waals surface area contributed by atoms with Crippen molar-refractivity contribution >= 4 is 33.2 Å². The van der Waals surface area contributed by atoms with Crippen LogP contribution < -0.4 is 9.62 Å². The van der Waals surface area contributed by atoms with Crippen LogP contribution in [0.4, 0.5) is 10.1 Å². The summed E-state index contributed by atoms with van der Waals surface area (Å²) in [5.41, 5.74) is 1.82. The highest BCUT2D eigenvalue weighted by Gasteiger charge is 2.30. The number of rotatable bonds is 6. The van der Waals surface area contributed by atoms with E-state index in [1.807, 2.05) is 0 Å². The molecule has 1 N–H and O–H groups in total.